The maximum absolute atomic E-state index is 13.7. The number of likely N-dealkylation sites (N-methyl/N-ethyl adjacent to an activating group) is 1. The predicted molar refractivity (Wildman–Crippen MR) is 125 cm³/mol. The van der Waals surface area contributed by atoms with E-state index >= 15 is 0 Å². The van der Waals surface area contributed by atoms with Crippen molar-refractivity contribution in [2.75, 3.05) is 27.2 Å². The molecular weight excluding hydrogens is 386 g/mol. The van der Waals surface area contributed by atoms with Crippen LogP contribution in [-0.2, 0) is 0 Å². The molecule has 0 aliphatic rings. The number of nitrogens with zero attached hydrogens (tertiary/aromatic N) is 1. The molecule has 0 amide bonds. The molecule has 4 heteroatoms. The summed E-state index contributed by atoms with van der Waals surface area (Å²) in [6.45, 7) is 3.54. The monoisotopic (exact) mass is 417 g/mol. The van der Waals surface area contributed by atoms with E-state index < -0.39 is 0 Å². The molecule has 3 rings (SSSR count). The molecule has 0 saturated carbocycles. The summed E-state index contributed by atoms with van der Waals surface area (Å²) in [5, 5.41) is 9.74. The van der Waals surface area contributed by atoms with E-state index in [9.17, 15) is 9.90 Å². The number of aromatic hydroxyl groups is 1. The Morgan fingerprint density at radius 2 is 1.55 bits per heavy atom. The first-order chi connectivity index (χ1) is 15.0. The second kappa shape index (κ2) is 10.8. The highest BCUT2D eigenvalue weighted by Gasteiger charge is 2.30. The Hall–Kier alpha value is -3.11. The van der Waals surface area contributed by atoms with Crippen LogP contribution in [0.3, 0.4) is 0 Å². The molecule has 4 nitrogen and oxygen atoms in total. The Bertz CT molecular complexity index is 950. The highest BCUT2D eigenvalue weighted by Crippen LogP contribution is 2.38. The van der Waals surface area contributed by atoms with E-state index in [2.05, 4.69) is 24.0 Å². The first-order valence-corrected chi connectivity index (χ1v) is 10.7. The summed E-state index contributed by atoms with van der Waals surface area (Å²) in [4.78, 5) is 15.8. The van der Waals surface area contributed by atoms with Crippen molar-refractivity contribution in [2.45, 2.75) is 25.2 Å². The molecule has 2 unspecified atom stereocenters. The van der Waals surface area contributed by atoms with Gasteiger partial charge in [-0.05, 0) is 74.0 Å². The Balaban J connectivity index is 1.90. The van der Waals surface area contributed by atoms with Crippen LogP contribution in [0.25, 0.3) is 0 Å². The fourth-order valence-electron chi connectivity index (χ4n) is 3.85. The third-order valence-corrected chi connectivity index (χ3v) is 5.55. The largest absolute Gasteiger partial charge is 0.508 e. The number of hydrogen-bond acceptors (Lipinski definition) is 4. The van der Waals surface area contributed by atoms with Crippen LogP contribution >= 0.6 is 0 Å². The van der Waals surface area contributed by atoms with Crippen LogP contribution in [0.4, 0.5) is 0 Å². The second-order valence-corrected chi connectivity index (χ2v) is 8.03. The molecule has 0 aliphatic heterocycles. The first-order valence-electron chi connectivity index (χ1n) is 10.7. The average molecular weight is 418 g/mol. The fraction of sp³-hybridized carbons (Fsp3) is 0.296. The van der Waals surface area contributed by atoms with Crippen LogP contribution in [-0.4, -0.2) is 43.0 Å². The number of rotatable bonds is 10. The van der Waals surface area contributed by atoms with Crippen molar-refractivity contribution in [3.8, 4) is 11.5 Å². The molecule has 0 heterocycles. The van der Waals surface area contributed by atoms with Crippen LogP contribution < -0.4 is 4.74 Å². The van der Waals surface area contributed by atoms with Gasteiger partial charge in [0, 0.05) is 12.1 Å². The topological polar surface area (TPSA) is 49.8 Å². The van der Waals surface area contributed by atoms with Crippen LogP contribution in [0.5, 0.6) is 11.5 Å². The lowest BCUT2D eigenvalue weighted by Gasteiger charge is -2.26. The van der Waals surface area contributed by atoms with Gasteiger partial charge in [-0.15, -0.1) is 0 Å². The van der Waals surface area contributed by atoms with E-state index in [-0.39, 0.29) is 23.4 Å². The van der Waals surface area contributed by atoms with Crippen LogP contribution in [0.2, 0.25) is 0 Å². The minimum atomic E-state index is -0.339. The third kappa shape index (κ3) is 5.96. The Kier molecular flexibility index (Phi) is 7.85. The Morgan fingerprint density at radius 3 is 2.13 bits per heavy atom. The summed E-state index contributed by atoms with van der Waals surface area (Å²) >= 11 is 0. The first kappa shape index (κ1) is 22.6. The normalized spacial score (nSPS) is 13.0. The van der Waals surface area contributed by atoms with E-state index in [0.29, 0.717) is 12.2 Å². The molecule has 0 fully saturated rings. The van der Waals surface area contributed by atoms with E-state index in [1.807, 2.05) is 68.7 Å². The van der Waals surface area contributed by atoms with E-state index in [1.165, 1.54) is 0 Å². The Labute approximate surface area is 185 Å². The van der Waals surface area contributed by atoms with E-state index in [4.69, 9.17) is 4.74 Å². The quantitative estimate of drug-likeness (QED) is 0.443. The van der Waals surface area contributed by atoms with Gasteiger partial charge in [0.25, 0.3) is 0 Å². The zero-order valence-electron chi connectivity index (χ0n) is 18.5. The van der Waals surface area contributed by atoms with Gasteiger partial charge in [0.2, 0.25) is 0 Å². The molecule has 31 heavy (non-hydrogen) atoms. The van der Waals surface area contributed by atoms with Crippen LogP contribution in [0.15, 0.2) is 78.9 Å². The number of benzene rings is 3. The molecule has 3 aromatic rings. The van der Waals surface area contributed by atoms with Crippen molar-refractivity contribution in [2.24, 2.45) is 0 Å². The van der Waals surface area contributed by atoms with Crippen molar-refractivity contribution >= 4 is 5.78 Å². The summed E-state index contributed by atoms with van der Waals surface area (Å²) < 4.78 is 5.77. The van der Waals surface area contributed by atoms with E-state index in [0.717, 1.165) is 29.8 Å². The lowest BCUT2D eigenvalue weighted by Crippen LogP contribution is -2.21. The average Bonchev–Trinajstić information content (AvgIpc) is 2.78. The van der Waals surface area contributed by atoms with Crippen molar-refractivity contribution in [1.29, 1.82) is 0 Å². The lowest BCUT2D eigenvalue weighted by molar-refractivity contribution is 0.0945. The maximum Gasteiger partial charge on any atom is 0.170 e. The molecule has 0 spiro atoms. The standard InChI is InChI=1S/C27H31NO3/c1-4-25(20-8-6-5-7-9-20)26(21-10-14-23(29)15-11-21)27(30)22-12-16-24(17-13-22)31-19-18-28(2)3/h5-17,25-26,29H,4,18-19H2,1-3H3. The van der Waals surface area contributed by atoms with Crippen LogP contribution in [0.1, 0.15) is 46.7 Å². The second-order valence-electron chi connectivity index (χ2n) is 8.03. The smallest absolute Gasteiger partial charge is 0.170 e. The minimum absolute atomic E-state index is 0.0364. The number of phenolic OH excluding ortho intramolecular Hbond substituents is 1. The van der Waals surface area contributed by atoms with Gasteiger partial charge in [0.1, 0.15) is 18.1 Å². The molecule has 0 aliphatic carbocycles. The van der Waals surface area contributed by atoms with Gasteiger partial charge in [0.15, 0.2) is 5.78 Å². The Morgan fingerprint density at radius 1 is 0.903 bits per heavy atom. The number of carbonyl (C=O) groups excluding carboxylic acids is 1. The number of hydrogen-bond donors (Lipinski definition) is 1. The summed E-state index contributed by atoms with van der Waals surface area (Å²) in [5.41, 5.74) is 2.71. The highest BCUT2D eigenvalue weighted by molar-refractivity contribution is 6.01. The molecule has 1 N–H and O–H groups in total. The van der Waals surface area contributed by atoms with E-state index in [1.54, 1.807) is 12.1 Å². The summed E-state index contributed by atoms with van der Waals surface area (Å²) in [7, 11) is 4.01. The van der Waals surface area contributed by atoms with Gasteiger partial charge in [-0.25, -0.2) is 0 Å². The van der Waals surface area contributed by atoms with Gasteiger partial charge in [0.05, 0.1) is 5.92 Å². The summed E-state index contributed by atoms with van der Waals surface area (Å²) in [6, 6.07) is 24.6. The number of ether oxygens (including phenoxy) is 1. The molecule has 0 radical (unpaired) electrons. The molecular formula is C27H31NO3. The van der Waals surface area contributed by atoms with Crippen molar-refractivity contribution in [1.82, 2.24) is 4.90 Å². The molecule has 3 aromatic carbocycles. The van der Waals surface area contributed by atoms with Crippen molar-refractivity contribution in [3.63, 3.8) is 0 Å². The zero-order valence-corrected chi connectivity index (χ0v) is 18.5. The SMILES string of the molecule is CCC(c1ccccc1)C(C(=O)c1ccc(OCCN(C)C)cc1)c1ccc(O)cc1. The number of carbonyl (C=O) groups is 1. The molecule has 2 atom stereocenters. The molecule has 0 aromatic heterocycles. The maximum atomic E-state index is 13.7. The van der Waals surface area contributed by atoms with Crippen molar-refractivity contribution < 1.29 is 14.6 Å². The van der Waals surface area contributed by atoms with Gasteiger partial charge in [-0.1, -0.05) is 49.4 Å². The lowest BCUT2D eigenvalue weighted by atomic mass is 9.76. The van der Waals surface area contributed by atoms with Gasteiger partial charge in [-0.2, -0.15) is 0 Å². The van der Waals surface area contributed by atoms with Gasteiger partial charge in [-0.3, -0.25) is 4.79 Å². The van der Waals surface area contributed by atoms with Gasteiger partial charge >= 0.3 is 0 Å². The molecule has 0 saturated heterocycles. The number of phenols is 1. The fourth-order valence-corrected chi connectivity index (χ4v) is 3.85. The summed E-state index contributed by atoms with van der Waals surface area (Å²) in [5.74, 6) is 0.723. The zero-order chi connectivity index (χ0) is 22.2. The number of Topliss-reactive ketones (excluding diaryl/α,β-unsaturated/α-hetero) is 1. The molecule has 0 bridgehead atoms. The third-order valence-electron chi connectivity index (χ3n) is 5.55. The minimum Gasteiger partial charge on any atom is -0.508 e. The van der Waals surface area contributed by atoms with Crippen LogP contribution in [0, 0.1) is 0 Å². The highest BCUT2D eigenvalue weighted by atomic mass is 16.5. The van der Waals surface area contributed by atoms with Gasteiger partial charge < -0.3 is 14.7 Å². The number of ketones is 1. The molecule has 162 valence electrons. The predicted octanol–water partition coefficient (Wildman–Crippen LogP) is 5.49. The summed E-state index contributed by atoms with van der Waals surface area (Å²) in [6.07, 6.45) is 0.826. The van der Waals surface area contributed by atoms with Crippen molar-refractivity contribution in [3.05, 3.63) is 95.6 Å².